The first-order chi connectivity index (χ1) is 8.72. The van der Waals surface area contributed by atoms with Crippen LogP contribution >= 0.6 is 11.8 Å². The first kappa shape index (κ1) is 12.9. The van der Waals surface area contributed by atoms with E-state index in [0.717, 1.165) is 21.6 Å². The van der Waals surface area contributed by atoms with Crippen molar-refractivity contribution in [3.05, 3.63) is 58.0 Å². The lowest BCUT2D eigenvalue weighted by molar-refractivity contribution is 0.554. The minimum Gasteiger partial charge on any atom is -0.245 e. The van der Waals surface area contributed by atoms with Crippen LogP contribution in [-0.4, -0.2) is 6.67 Å². The lowest BCUT2D eigenvalue weighted by Gasteiger charge is -2.16. The number of alkyl halides is 1. The zero-order chi connectivity index (χ0) is 13.1. The largest absolute Gasteiger partial charge is 0.245 e. The average molecular weight is 259 g/mol. The van der Waals surface area contributed by atoms with Gasteiger partial charge in [0.1, 0.15) is 6.67 Å². The summed E-state index contributed by atoms with van der Waals surface area (Å²) in [6.45, 7) is 5.36. The summed E-state index contributed by atoms with van der Waals surface area (Å²) in [6.07, 6.45) is 1.74. The number of thioether (sulfide) groups is 1. The maximum Gasteiger partial charge on any atom is 0.121 e. The van der Waals surface area contributed by atoms with Gasteiger partial charge in [-0.1, -0.05) is 31.7 Å². The van der Waals surface area contributed by atoms with E-state index >= 15 is 0 Å². The molecule has 0 spiro atoms. The lowest BCUT2D eigenvalue weighted by Crippen LogP contribution is -2.01. The summed E-state index contributed by atoms with van der Waals surface area (Å²) < 4.78 is 13.1. The third-order valence-corrected chi connectivity index (χ3v) is 4.45. The van der Waals surface area contributed by atoms with E-state index in [1.165, 1.54) is 11.8 Å². The quantitative estimate of drug-likeness (QED) is 0.789. The molecule has 1 aromatic carbocycles. The van der Waals surface area contributed by atoms with Crippen molar-refractivity contribution in [1.82, 2.24) is 0 Å². The van der Waals surface area contributed by atoms with Crippen molar-refractivity contribution in [3.8, 4) is 6.07 Å². The predicted molar refractivity (Wildman–Crippen MR) is 74.1 cm³/mol. The van der Waals surface area contributed by atoms with Gasteiger partial charge in [-0.3, -0.25) is 0 Å². The van der Waals surface area contributed by atoms with Gasteiger partial charge in [0.15, 0.2) is 0 Å². The summed E-state index contributed by atoms with van der Waals surface area (Å²) in [5, 5.41) is 9.15. The average Bonchev–Trinajstić information content (AvgIpc) is 2.55. The molecule has 3 heteroatoms. The van der Waals surface area contributed by atoms with Crippen LogP contribution in [0.25, 0.3) is 0 Å². The SMILES string of the molecule is C=CC1=C(CF)SCc2c(C#N)cccc2C1C. The molecular weight excluding hydrogens is 245 g/mol. The molecule has 0 radical (unpaired) electrons. The number of nitrogens with zero attached hydrogens (tertiary/aromatic N) is 1. The van der Waals surface area contributed by atoms with Crippen molar-refractivity contribution in [1.29, 1.82) is 5.26 Å². The Bertz CT molecular complexity index is 554. The van der Waals surface area contributed by atoms with Gasteiger partial charge in [0.2, 0.25) is 0 Å². The molecule has 0 saturated heterocycles. The van der Waals surface area contributed by atoms with Crippen molar-refractivity contribution < 1.29 is 4.39 Å². The molecule has 0 N–H and O–H groups in total. The van der Waals surface area contributed by atoms with E-state index in [2.05, 4.69) is 12.6 Å². The number of fused-ring (bicyclic) bond motifs is 1. The van der Waals surface area contributed by atoms with Crippen LogP contribution in [0.2, 0.25) is 0 Å². The Morgan fingerprint density at radius 2 is 2.39 bits per heavy atom. The van der Waals surface area contributed by atoms with E-state index in [0.29, 0.717) is 11.3 Å². The van der Waals surface area contributed by atoms with Crippen LogP contribution in [0.4, 0.5) is 4.39 Å². The third-order valence-electron chi connectivity index (χ3n) is 3.32. The third kappa shape index (κ3) is 2.09. The van der Waals surface area contributed by atoms with Gasteiger partial charge in [-0.05, 0) is 22.8 Å². The van der Waals surface area contributed by atoms with Gasteiger partial charge in [-0.25, -0.2) is 4.39 Å². The van der Waals surface area contributed by atoms with E-state index in [1.54, 1.807) is 6.08 Å². The van der Waals surface area contributed by atoms with Crippen LogP contribution < -0.4 is 0 Å². The van der Waals surface area contributed by atoms with Crippen molar-refractivity contribution >= 4 is 11.8 Å². The number of hydrogen-bond acceptors (Lipinski definition) is 2. The Kier molecular flexibility index (Phi) is 3.88. The number of hydrogen-bond donors (Lipinski definition) is 0. The molecule has 0 amide bonds. The Morgan fingerprint density at radius 1 is 1.61 bits per heavy atom. The van der Waals surface area contributed by atoms with E-state index in [4.69, 9.17) is 5.26 Å². The lowest BCUT2D eigenvalue weighted by atomic mass is 9.88. The van der Waals surface area contributed by atoms with Crippen LogP contribution in [0, 0.1) is 11.3 Å². The monoisotopic (exact) mass is 259 g/mol. The number of rotatable bonds is 2. The Balaban J connectivity index is 2.59. The maximum atomic E-state index is 13.1. The molecule has 1 nitrogen and oxygen atoms in total. The van der Waals surface area contributed by atoms with Crippen molar-refractivity contribution in [3.63, 3.8) is 0 Å². The second kappa shape index (κ2) is 5.41. The standard InChI is InChI=1S/C15H14FNS/c1-3-12-10(2)13-6-4-5-11(8-17)14(13)9-18-15(12)7-16/h3-6,10H,1,7,9H2,2H3. The zero-order valence-corrected chi connectivity index (χ0v) is 11.1. The molecule has 1 aromatic rings. The van der Waals surface area contributed by atoms with Crippen molar-refractivity contribution in [2.45, 2.75) is 18.6 Å². The zero-order valence-electron chi connectivity index (χ0n) is 10.2. The van der Waals surface area contributed by atoms with Crippen LogP contribution in [0.5, 0.6) is 0 Å². The van der Waals surface area contributed by atoms with Crippen molar-refractivity contribution in [2.24, 2.45) is 0 Å². The molecule has 1 unspecified atom stereocenters. The van der Waals surface area contributed by atoms with Crippen LogP contribution in [0.3, 0.4) is 0 Å². The highest BCUT2D eigenvalue weighted by Crippen LogP contribution is 2.40. The van der Waals surface area contributed by atoms with Crippen LogP contribution in [0.15, 0.2) is 41.3 Å². The first-order valence-electron chi connectivity index (χ1n) is 5.79. The molecule has 1 aliphatic heterocycles. The smallest absolute Gasteiger partial charge is 0.121 e. The number of nitriles is 1. The molecule has 1 aliphatic rings. The Labute approximate surface area is 111 Å². The number of allylic oxidation sites excluding steroid dienone is 3. The van der Waals surface area contributed by atoms with E-state index in [-0.39, 0.29) is 5.92 Å². The van der Waals surface area contributed by atoms with Gasteiger partial charge in [-0.15, -0.1) is 11.8 Å². The minimum absolute atomic E-state index is 0.0894. The van der Waals surface area contributed by atoms with Gasteiger partial charge in [0.05, 0.1) is 11.6 Å². The summed E-state index contributed by atoms with van der Waals surface area (Å²) in [7, 11) is 0. The second-order valence-electron chi connectivity index (χ2n) is 4.21. The Morgan fingerprint density at radius 3 is 3.00 bits per heavy atom. The van der Waals surface area contributed by atoms with Crippen molar-refractivity contribution in [2.75, 3.05) is 6.67 Å². The van der Waals surface area contributed by atoms with E-state index < -0.39 is 6.67 Å². The molecule has 2 rings (SSSR count). The summed E-state index contributed by atoms with van der Waals surface area (Å²) in [5.41, 5.74) is 3.77. The molecule has 1 heterocycles. The van der Waals surface area contributed by atoms with Gasteiger partial charge < -0.3 is 0 Å². The molecular formula is C15H14FNS. The number of halogens is 1. The molecule has 0 fully saturated rings. The van der Waals surface area contributed by atoms with Crippen LogP contribution in [0.1, 0.15) is 29.5 Å². The molecule has 92 valence electrons. The molecule has 0 bridgehead atoms. The highest BCUT2D eigenvalue weighted by molar-refractivity contribution is 8.02. The van der Waals surface area contributed by atoms with Crippen LogP contribution in [-0.2, 0) is 5.75 Å². The molecule has 0 aliphatic carbocycles. The summed E-state index contributed by atoms with van der Waals surface area (Å²) >= 11 is 1.47. The van der Waals surface area contributed by atoms with Gasteiger partial charge in [-0.2, -0.15) is 5.26 Å². The first-order valence-corrected chi connectivity index (χ1v) is 6.77. The highest BCUT2D eigenvalue weighted by atomic mass is 32.2. The second-order valence-corrected chi connectivity index (χ2v) is 5.28. The molecule has 18 heavy (non-hydrogen) atoms. The fourth-order valence-electron chi connectivity index (χ4n) is 2.33. The van der Waals surface area contributed by atoms with Gasteiger partial charge in [0, 0.05) is 16.6 Å². The molecule has 1 atom stereocenters. The molecule has 0 saturated carbocycles. The number of benzene rings is 1. The summed E-state index contributed by atoms with van der Waals surface area (Å²) in [4.78, 5) is 0.734. The summed E-state index contributed by atoms with van der Waals surface area (Å²) in [5.74, 6) is 0.742. The topological polar surface area (TPSA) is 23.8 Å². The van der Waals surface area contributed by atoms with E-state index in [9.17, 15) is 4.39 Å². The van der Waals surface area contributed by atoms with Gasteiger partial charge >= 0.3 is 0 Å². The molecule has 0 aromatic heterocycles. The normalized spacial score (nSPS) is 18.8. The fraction of sp³-hybridized carbons (Fsp3) is 0.267. The fourth-order valence-corrected chi connectivity index (χ4v) is 3.48. The predicted octanol–water partition coefficient (Wildman–Crippen LogP) is 4.32. The van der Waals surface area contributed by atoms with E-state index in [1.807, 2.05) is 25.1 Å². The summed E-state index contributed by atoms with van der Waals surface area (Å²) in [6, 6.07) is 7.95. The highest BCUT2D eigenvalue weighted by Gasteiger charge is 2.22. The maximum absolute atomic E-state index is 13.1. The van der Waals surface area contributed by atoms with Gasteiger partial charge in [0.25, 0.3) is 0 Å². The minimum atomic E-state index is -0.466. The Hall–Kier alpha value is -1.53.